The van der Waals surface area contributed by atoms with Gasteiger partial charge in [0.05, 0.1) is 0 Å². The minimum absolute atomic E-state index is 0.254. The molecule has 1 aromatic heterocycles. The van der Waals surface area contributed by atoms with Gasteiger partial charge in [-0.05, 0) is 43.3 Å². The molecule has 0 saturated heterocycles. The van der Waals surface area contributed by atoms with E-state index >= 15 is 0 Å². The molecule has 0 fully saturated rings. The minimum Gasteiger partial charge on any atom is -0.453 e. The third-order valence-electron chi connectivity index (χ3n) is 2.44. The van der Waals surface area contributed by atoms with E-state index in [9.17, 15) is 4.79 Å². The predicted molar refractivity (Wildman–Crippen MR) is 73.4 cm³/mol. The monoisotopic (exact) mass is 279 g/mol. The third kappa shape index (κ3) is 3.84. The van der Waals surface area contributed by atoms with E-state index in [1.54, 1.807) is 36.4 Å². The highest BCUT2D eigenvalue weighted by atomic mass is 35.5. The maximum atomic E-state index is 11.9. The average Bonchev–Trinajstić information content (AvgIpc) is 2.88. The molecule has 19 heavy (non-hydrogen) atoms. The predicted octanol–water partition coefficient (Wildman–Crippen LogP) is 3.72. The lowest BCUT2D eigenvalue weighted by Gasteiger charge is -2.03. The van der Waals surface area contributed by atoms with Crippen LogP contribution in [0.4, 0.5) is 5.69 Å². The van der Waals surface area contributed by atoms with Crippen molar-refractivity contribution < 1.29 is 13.9 Å². The Balaban J connectivity index is 1.99. The highest BCUT2D eigenvalue weighted by Crippen LogP contribution is 2.15. The number of anilines is 1. The van der Waals surface area contributed by atoms with Crippen molar-refractivity contribution >= 4 is 23.2 Å². The van der Waals surface area contributed by atoms with Gasteiger partial charge in [0, 0.05) is 17.3 Å². The molecule has 1 heterocycles. The molecule has 0 atom stereocenters. The Morgan fingerprint density at radius 1 is 1.26 bits per heavy atom. The molecule has 2 rings (SSSR count). The summed E-state index contributed by atoms with van der Waals surface area (Å²) in [6.45, 7) is 2.87. The van der Waals surface area contributed by atoms with E-state index in [-0.39, 0.29) is 11.7 Å². The molecule has 1 amide bonds. The van der Waals surface area contributed by atoms with E-state index in [0.717, 1.165) is 0 Å². The van der Waals surface area contributed by atoms with Crippen molar-refractivity contribution in [3.63, 3.8) is 0 Å². The van der Waals surface area contributed by atoms with Crippen LogP contribution in [0.3, 0.4) is 0 Å². The summed E-state index contributed by atoms with van der Waals surface area (Å²) in [5, 5.41) is 3.34. The molecule has 2 aromatic rings. The summed E-state index contributed by atoms with van der Waals surface area (Å²) in [6, 6.07) is 10.2. The first-order valence-corrected chi connectivity index (χ1v) is 6.30. The second-order valence-corrected chi connectivity index (χ2v) is 4.30. The zero-order valence-corrected chi connectivity index (χ0v) is 11.2. The molecule has 1 N–H and O–H groups in total. The quantitative estimate of drug-likeness (QED) is 0.907. The Kier molecular flexibility index (Phi) is 4.60. The normalized spacial score (nSPS) is 10.4. The Hall–Kier alpha value is -1.78. The molecule has 0 bridgehead atoms. The van der Waals surface area contributed by atoms with Gasteiger partial charge in [0.2, 0.25) is 0 Å². The van der Waals surface area contributed by atoms with E-state index in [0.29, 0.717) is 29.7 Å². The Morgan fingerprint density at radius 3 is 2.68 bits per heavy atom. The van der Waals surface area contributed by atoms with Crippen LogP contribution in [-0.4, -0.2) is 12.5 Å². The lowest BCUT2D eigenvalue weighted by Crippen LogP contribution is -2.10. The number of hydrogen-bond acceptors (Lipinski definition) is 3. The van der Waals surface area contributed by atoms with Gasteiger partial charge in [-0.15, -0.1) is 0 Å². The first kappa shape index (κ1) is 13.6. The summed E-state index contributed by atoms with van der Waals surface area (Å²) in [4.78, 5) is 11.9. The SMILES string of the molecule is CCOCc1ccc(C(=O)Nc2ccc(Cl)cc2)o1. The summed E-state index contributed by atoms with van der Waals surface area (Å²) >= 11 is 5.77. The van der Waals surface area contributed by atoms with Crippen LogP contribution in [0.5, 0.6) is 0 Å². The second kappa shape index (κ2) is 6.41. The Bertz CT molecular complexity index is 548. The van der Waals surface area contributed by atoms with Crippen LogP contribution in [0.25, 0.3) is 0 Å². The van der Waals surface area contributed by atoms with Crippen LogP contribution in [0.15, 0.2) is 40.8 Å². The van der Waals surface area contributed by atoms with E-state index in [4.69, 9.17) is 20.8 Å². The summed E-state index contributed by atoms with van der Waals surface area (Å²) in [6.07, 6.45) is 0. The van der Waals surface area contributed by atoms with Crippen LogP contribution in [0, 0.1) is 0 Å². The molecule has 100 valence electrons. The molecular weight excluding hydrogens is 266 g/mol. The van der Waals surface area contributed by atoms with Gasteiger partial charge in [-0.3, -0.25) is 4.79 Å². The van der Waals surface area contributed by atoms with Gasteiger partial charge in [0.15, 0.2) is 5.76 Å². The fourth-order valence-corrected chi connectivity index (χ4v) is 1.63. The van der Waals surface area contributed by atoms with Crippen LogP contribution in [0.2, 0.25) is 5.02 Å². The van der Waals surface area contributed by atoms with Crippen molar-refractivity contribution in [2.45, 2.75) is 13.5 Å². The van der Waals surface area contributed by atoms with Gasteiger partial charge in [0.1, 0.15) is 12.4 Å². The molecular formula is C14H14ClNO3. The molecule has 4 nitrogen and oxygen atoms in total. The fourth-order valence-electron chi connectivity index (χ4n) is 1.51. The van der Waals surface area contributed by atoms with Gasteiger partial charge in [-0.25, -0.2) is 0 Å². The fraction of sp³-hybridized carbons (Fsp3) is 0.214. The van der Waals surface area contributed by atoms with Crippen molar-refractivity contribution in [2.24, 2.45) is 0 Å². The van der Waals surface area contributed by atoms with E-state index in [2.05, 4.69) is 5.32 Å². The number of carbonyl (C=O) groups is 1. The van der Waals surface area contributed by atoms with Crippen molar-refractivity contribution in [1.82, 2.24) is 0 Å². The molecule has 0 aliphatic heterocycles. The van der Waals surface area contributed by atoms with Gasteiger partial charge in [0.25, 0.3) is 5.91 Å². The molecule has 0 spiro atoms. The zero-order valence-electron chi connectivity index (χ0n) is 10.5. The van der Waals surface area contributed by atoms with Gasteiger partial charge in [-0.1, -0.05) is 11.6 Å². The smallest absolute Gasteiger partial charge is 0.291 e. The number of ether oxygens (including phenoxy) is 1. The first-order chi connectivity index (χ1) is 9.19. The summed E-state index contributed by atoms with van der Waals surface area (Å²) < 4.78 is 10.6. The molecule has 0 unspecified atom stereocenters. The zero-order chi connectivity index (χ0) is 13.7. The lowest BCUT2D eigenvalue weighted by molar-refractivity contribution is 0.0972. The topological polar surface area (TPSA) is 51.5 Å². The number of rotatable bonds is 5. The molecule has 0 radical (unpaired) electrons. The minimum atomic E-state index is -0.301. The van der Waals surface area contributed by atoms with E-state index in [1.165, 1.54) is 0 Å². The van der Waals surface area contributed by atoms with Crippen molar-refractivity contribution in [3.8, 4) is 0 Å². The number of carbonyl (C=O) groups excluding carboxylic acids is 1. The molecule has 0 saturated carbocycles. The van der Waals surface area contributed by atoms with Crippen molar-refractivity contribution in [3.05, 3.63) is 52.9 Å². The van der Waals surface area contributed by atoms with E-state index < -0.39 is 0 Å². The second-order valence-electron chi connectivity index (χ2n) is 3.86. The third-order valence-corrected chi connectivity index (χ3v) is 2.69. The maximum Gasteiger partial charge on any atom is 0.291 e. The summed E-state index contributed by atoms with van der Waals surface area (Å²) in [5.41, 5.74) is 0.664. The standard InChI is InChI=1S/C14H14ClNO3/c1-2-18-9-12-7-8-13(19-12)14(17)16-11-5-3-10(15)4-6-11/h3-8H,2,9H2,1H3,(H,16,17). The average molecular weight is 280 g/mol. The molecule has 5 heteroatoms. The van der Waals surface area contributed by atoms with Crippen LogP contribution in [0.1, 0.15) is 23.2 Å². The summed E-state index contributed by atoms with van der Waals surface area (Å²) in [7, 11) is 0. The number of nitrogens with one attached hydrogen (secondary N) is 1. The largest absolute Gasteiger partial charge is 0.453 e. The number of furan rings is 1. The van der Waals surface area contributed by atoms with Crippen molar-refractivity contribution in [2.75, 3.05) is 11.9 Å². The van der Waals surface area contributed by atoms with Gasteiger partial charge >= 0.3 is 0 Å². The molecule has 0 aliphatic rings. The molecule has 1 aromatic carbocycles. The summed E-state index contributed by atoms with van der Waals surface area (Å²) in [5.74, 6) is 0.581. The number of amides is 1. The van der Waals surface area contributed by atoms with Gasteiger partial charge < -0.3 is 14.5 Å². The Labute approximate surface area is 116 Å². The number of halogens is 1. The molecule has 0 aliphatic carbocycles. The lowest BCUT2D eigenvalue weighted by atomic mass is 10.3. The van der Waals surface area contributed by atoms with Crippen LogP contribution >= 0.6 is 11.6 Å². The Morgan fingerprint density at radius 2 is 2.00 bits per heavy atom. The van der Waals surface area contributed by atoms with Crippen LogP contribution in [-0.2, 0) is 11.3 Å². The van der Waals surface area contributed by atoms with Gasteiger partial charge in [-0.2, -0.15) is 0 Å². The van der Waals surface area contributed by atoms with E-state index in [1.807, 2.05) is 6.92 Å². The number of hydrogen-bond donors (Lipinski definition) is 1. The highest BCUT2D eigenvalue weighted by molar-refractivity contribution is 6.30. The number of benzene rings is 1. The highest BCUT2D eigenvalue weighted by Gasteiger charge is 2.11. The van der Waals surface area contributed by atoms with Crippen molar-refractivity contribution in [1.29, 1.82) is 0 Å². The maximum absolute atomic E-state index is 11.9. The first-order valence-electron chi connectivity index (χ1n) is 5.92. The van der Waals surface area contributed by atoms with Crippen LogP contribution < -0.4 is 5.32 Å².